The summed E-state index contributed by atoms with van der Waals surface area (Å²) in [5.74, 6) is 0. The molecule has 1 aliphatic rings. The Kier molecular flexibility index (Phi) is 2.50. The minimum absolute atomic E-state index is 0.0179. The summed E-state index contributed by atoms with van der Waals surface area (Å²) >= 11 is 3.60. The number of rotatable bonds is 2. The molecule has 11 heavy (non-hydrogen) atoms. The highest BCUT2D eigenvalue weighted by molar-refractivity contribution is 9.10. The van der Waals surface area contributed by atoms with Gasteiger partial charge in [0.25, 0.3) is 0 Å². The monoisotopic (exact) mass is 210 g/mol. The second-order valence-corrected chi connectivity index (χ2v) is 4.14. The molecule has 0 aromatic heterocycles. The second-order valence-electron chi connectivity index (χ2n) is 2.66. The lowest BCUT2D eigenvalue weighted by Gasteiger charge is -2.20. The molecule has 0 aliphatic heterocycles. The predicted molar refractivity (Wildman–Crippen MR) is 53.9 cm³/mol. The number of hydrogen-bond donors (Lipinski definition) is 0. The lowest BCUT2D eigenvalue weighted by molar-refractivity contribution is 0.905. The van der Waals surface area contributed by atoms with E-state index in [1.54, 1.807) is 0 Å². The first-order valence-electron chi connectivity index (χ1n) is 3.53. The van der Waals surface area contributed by atoms with Crippen molar-refractivity contribution in [1.82, 2.24) is 0 Å². The van der Waals surface area contributed by atoms with Gasteiger partial charge < -0.3 is 0 Å². The van der Waals surface area contributed by atoms with E-state index in [0.717, 1.165) is 12.0 Å². The molecule has 0 atom stereocenters. The average Bonchev–Trinajstić information content (AvgIpc) is 1.97. The molecule has 58 valence electrons. The molecule has 0 nitrogen and oxygen atoms in total. The van der Waals surface area contributed by atoms with Crippen molar-refractivity contribution in [1.29, 1.82) is 0 Å². The Bertz CT molecular complexity index is 217. The maximum Gasteiger partial charge on any atom is 0.0657 e. The van der Waals surface area contributed by atoms with Crippen LogP contribution in [-0.2, 0) is 0 Å². The van der Waals surface area contributed by atoms with Gasteiger partial charge in [-0.1, -0.05) is 52.9 Å². The molecule has 0 heterocycles. The van der Waals surface area contributed by atoms with Crippen LogP contribution < -0.4 is 0 Å². The highest BCUT2D eigenvalue weighted by Gasteiger charge is 2.19. The maximum absolute atomic E-state index is 3.82. The van der Waals surface area contributed by atoms with Gasteiger partial charge in [0.15, 0.2) is 0 Å². The van der Waals surface area contributed by atoms with E-state index < -0.39 is 0 Å². The number of hydrogen-bond acceptors (Lipinski definition) is 0. The van der Waals surface area contributed by atoms with Crippen molar-refractivity contribution in [2.24, 2.45) is 0 Å². The van der Waals surface area contributed by atoms with Crippen molar-refractivity contribution in [3.63, 3.8) is 0 Å². The zero-order valence-corrected chi connectivity index (χ0v) is 7.97. The van der Waals surface area contributed by atoms with E-state index in [-0.39, 0.29) is 4.32 Å². The van der Waals surface area contributed by atoms with E-state index in [9.17, 15) is 0 Å². The molecule has 0 saturated carbocycles. The standard InChI is InChI=1S/C10H11Br/c1-3-6-10(11)7-4-9(2)5-8-10/h3-5,7-8H,1-2,6H2. The lowest BCUT2D eigenvalue weighted by Crippen LogP contribution is -2.14. The van der Waals surface area contributed by atoms with Crippen LogP contribution in [0.15, 0.2) is 49.1 Å². The molecule has 0 aromatic carbocycles. The summed E-state index contributed by atoms with van der Waals surface area (Å²) in [7, 11) is 0. The lowest BCUT2D eigenvalue weighted by atomic mass is 9.98. The molecule has 0 amide bonds. The van der Waals surface area contributed by atoms with Crippen LogP contribution in [-0.4, -0.2) is 4.32 Å². The molecule has 0 fully saturated rings. The Labute approximate surface area is 76.1 Å². The summed E-state index contributed by atoms with van der Waals surface area (Å²) in [5.41, 5.74) is 1.05. The summed E-state index contributed by atoms with van der Waals surface area (Å²) in [6, 6.07) is 0. The first-order valence-corrected chi connectivity index (χ1v) is 4.33. The van der Waals surface area contributed by atoms with Crippen LogP contribution in [0.3, 0.4) is 0 Å². The number of allylic oxidation sites excluding steroid dienone is 6. The SMILES string of the molecule is C=CCC1(Br)C=CC(=C)C=C1. The third-order valence-electron chi connectivity index (χ3n) is 1.61. The van der Waals surface area contributed by atoms with E-state index in [1.807, 2.05) is 18.2 Å². The highest BCUT2D eigenvalue weighted by atomic mass is 79.9. The van der Waals surface area contributed by atoms with Gasteiger partial charge in [0.05, 0.1) is 4.32 Å². The van der Waals surface area contributed by atoms with Crippen LogP contribution in [0.5, 0.6) is 0 Å². The fraction of sp³-hybridized carbons (Fsp3) is 0.200. The summed E-state index contributed by atoms with van der Waals surface area (Å²) in [6.07, 6.45) is 11.0. The zero-order chi connectivity index (χ0) is 8.32. The highest BCUT2D eigenvalue weighted by Crippen LogP contribution is 2.30. The molecule has 0 radical (unpaired) electrons. The van der Waals surface area contributed by atoms with Gasteiger partial charge >= 0.3 is 0 Å². The molecular weight excluding hydrogens is 200 g/mol. The van der Waals surface area contributed by atoms with Crippen LogP contribution >= 0.6 is 15.9 Å². The third kappa shape index (κ3) is 2.19. The van der Waals surface area contributed by atoms with E-state index in [2.05, 4.69) is 41.2 Å². The second kappa shape index (κ2) is 3.22. The molecular formula is C10H11Br. The van der Waals surface area contributed by atoms with Gasteiger partial charge in [-0.25, -0.2) is 0 Å². The van der Waals surface area contributed by atoms with Crippen molar-refractivity contribution < 1.29 is 0 Å². The van der Waals surface area contributed by atoms with E-state index in [4.69, 9.17) is 0 Å². The molecule has 1 rings (SSSR count). The van der Waals surface area contributed by atoms with Crippen molar-refractivity contribution in [3.8, 4) is 0 Å². The van der Waals surface area contributed by atoms with Crippen LogP contribution in [0.1, 0.15) is 6.42 Å². The topological polar surface area (TPSA) is 0 Å². The molecule has 0 N–H and O–H groups in total. The van der Waals surface area contributed by atoms with E-state index in [0.29, 0.717) is 0 Å². The predicted octanol–water partition coefficient (Wildman–Crippen LogP) is 3.38. The zero-order valence-electron chi connectivity index (χ0n) is 6.39. The van der Waals surface area contributed by atoms with Crippen LogP contribution in [0.2, 0.25) is 0 Å². The van der Waals surface area contributed by atoms with Gasteiger partial charge in [0.1, 0.15) is 0 Å². The molecule has 0 spiro atoms. The summed E-state index contributed by atoms with van der Waals surface area (Å²) in [5, 5.41) is 0. The van der Waals surface area contributed by atoms with Crippen molar-refractivity contribution >= 4 is 15.9 Å². The van der Waals surface area contributed by atoms with E-state index >= 15 is 0 Å². The molecule has 1 heteroatoms. The van der Waals surface area contributed by atoms with Crippen molar-refractivity contribution in [2.45, 2.75) is 10.7 Å². The van der Waals surface area contributed by atoms with Crippen molar-refractivity contribution in [2.75, 3.05) is 0 Å². The smallest absolute Gasteiger partial charge is 0.0657 e. The molecule has 0 bridgehead atoms. The number of alkyl halides is 1. The van der Waals surface area contributed by atoms with E-state index in [1.165, 1.54) is 0 Å². The number of halogens is 1. The third-order valence-corrected chi connectivity index (χ3v) is 2.46. The van der Waals surface area contributed by atoms with Crippen LogP contribution in [0.4, 0.5) is 0 Å². The van der Waals surface area contributed by atoms with Crippen molar-refractivity contribution in [3.05, 3.63) is 49.1 Å². The summed E-state index contributed by atoms with van der Waals surface area (Å²) in [4.78, 5) is 0. The largest absolute Gasteiger partial charge is 0.103 e. The molecule has 0 unspecified atom stereocenters. The Hall–Kier alpha value is -0.560. The fourth-order valence-electron chi connectivity index (χ4n) is 0.960. The van der Waals surface area contributed by atoms with Gasteiger partial charge in [-0.15, -0.1) is 6.58 Å². The Morgan fingerprint density at radius 2 is 2.00 bits per heavy atom. The quantitative estimate of drug-likeness (QED) is 0.485. The first kappa shape index (κ1) is 8.54. The van der Waals surface area contributed by atoms with Gasteiger partial charge in [-0.05, 0) is 12.0 Å². The fourth-order valence-corrected chi connectivity index (χ4v) is 1.45. The Morgan fingerprint density at radius 3 is 2.45 bits per heavy atom. The molecule has 1 aliphatic carbocycles. The summed E-state index contributed by atoms with van der Waals surface area (Å²) < 4.78 is -0.0179. The summed E-state index contributed by atoms with van der Waals surface area (Å²) in [6.45, 7) is 7.52. The van der Waals surface area contributed by atoms with Gasteiger partial charge in [-0.3, -0.25) is 0 Å². The van der Waals surface area contributed by atoms with Gasteiger partial charge in [0, 0.05) is 0 Å². The average molecular weight is 211 g/mol. The van der Waals surface area contributed by atoms with Crippen LogP contribution in [0.25, 0.3) is 0 Å². The van der Waals surface area contributed by atoms with Gasteiger partial charge in [-0.2, -0.15) is 0 Å². The molecule has 0 saturated heterocycles. The van der Waals surface area contributed by atoms with Crippen LogP contribution in [0, 0.1) is 0 Å². The first-order chi connectivity index (χ1) is 5.16. The normalized spacial score (nSPS) is 20.3. The molecule has 0 aromatic rings. The maximum atomic E-state index is 3.82. The van der Waals surface area contributed by atoms with Gasteiger partial charge in [0.2, 0.25) is 0 Å². The minimum Gasteiger partial charge on any atom is -0.103 e. The minimum atomic E-state index is -0.0179. The Balaban J connectivity index is 2.75. The Morgan fingerprint density at radius 1 is 1.45 bits per heavy atom.